The van der Waals surface area contributed by atoms with Crippen LogP contribution in [0.4, 0.5) is 0 Å². The number of hydrogen-bond acceptors (Lipinski definition) is 10. The Morgan fingerprint density at radius 2 is 1.33 bits per heavy atom. The first-order chi connectivity index (χ1) is 18.6. The molecule has 210 valence electrons. The van der Waals surface area contributed by atoms with Crippen molar-refractivity contribution in [1.29, 1.82) is 0 Å². The van der Waals surface area contributed by atoms with Gasteiger partial charge in [0, 0.05) is 34.2 Å². The molecule has 2 aromatic carbocycles. The second-order valence-corrected chi connectivity index (χ2v) is 10.0. The fourth-order valence-corrected chi connectivity index (χ4v) is 6.89. The van der Waals surface area contributed by atoms with Crippen LogP contribution < -0.4 is 23.7 Å². The number of carbonyl (C=O) groups is 2. The number of aliphatic hydroxyl groups is 1. The molecule has 0 aliphatic carbocycles. The van der Waals surface area contributed by atoms with Crippen LogP contribution in [-0.2, 0) is 11.2 Å². The van der Waals surface area contributed by atoms with Gasteiger partial charge in [-0.3, -0.25) is 14.5 Å². The first-order valence-corrected chi connectivity index (χ1v) is 12.6. The summed E-state index contributed by atoms with van der Waals surface area (Å²) in [6, 6.07) is -3.37. The van der Waals surface area contributed by atoms with Crippen LogP contribution >= 0.6 is 0 Å². The van der Waals surface area contributed by atoms with Crippen LogP contribution in [0.5, 0.6) is 34.5 Å². The molecule has 2 aromatic rings. The van der Waals surface area contributed by atoms with Gasteiger partial charge in [0.15, 0.2) is 28.8 Å². The van der Waals surface area contributed by atoms with E-state index in [9.17, 15) is 19.8 Å². The van der Waals surface area contributed by atoms with Crippen LogP contribution in [0.25, 0.3) is 0 Å². The van der Waals surface area contributed by atoms with Crippen LogP contribution in [-0.4, -0.2) is 93.0 Å². The number of phenolic OH excluding ortho intramolecular Hbond substituents is 1. The number of ether oxygens (including phenoxy) is 5. The number of benzene rings is 2. The Bertz CT molecular complexity index is 1390. The van der Waals surface area contributed by atoms with Gasteiger partial charge in [-0.05, 0) is 20.9 Å². The topological polar surface area (TPSA) is 127 Å². The molecule has 4 atom stereocenters. The lowest BCUT2D eigenvalue weighted by Gasteiger charge is -2.56. The normalized spacial score (nSPS) is 23.6. The maximum absolute atomic E-state index is 14.5. The summed E-state index contributed by atoms with van der Waals surface area (Å²) in [6.45, 7) is 2.97. The van der Waals surface area contributed by atoms with Gasteiger partial charge in [0.1, 0.15) is 17.5 Å². The Morgan fingerprint density at radius 3 is 1.87 bits per heavy atom. The zero-order valence-electron chi connectivity index (χ0n) is 23.4. The molecule has 2 N–H and O–H groups in total. The average molecular weight is 543 g/mol. The monoisotopic (exact) mass is 542 g/mol. The number of fused-ring (bicyclic) bond motifs is 7. The molecular formula is C28H34N2O9. The number of piperazine rings is 1. The average Bonchev–Trinajstić information content (AvgIpc) is 2.92. The highest BCUT2D eigenvalue weighted by molar-refractivity contribution is 6.10. The van der Waals surface area contributed by atoms with E-state index in [1.54, 1.807) is 21.1 Å². The van der Waals surface area contributed by atoms with Crippen molar-refractivity contribution in [2.75, 3.05) is 49.2 Å². The number of aliphatic hydroxyl groups excluding tert-OH is 1. The highest BCUT2D eigenvalue weighted by Gasteiger charge is 2.59. The molecule has 3 aliphatic heterocycles. The fraction of sp³-hybridized carbons (Fsp3) is 0.500. The molecule has 5 rings (SSSR count). The maximum atomic E-state index is 14.5. The molecule has 0 radical (unpaired) electrons. The van der Waals surface area contributed by atoms with Gasteiger partial charge in [-0.2, -0.15) is 0 Å². The van der Waals surface area contributed by atoms with Crippen LogP contribution in [0.3, 0.4) is 0 Å². The summed E-state index contributed by atoms with van der Waals surface area (Å²) in [7, 11) is 9.26. The zero-order valence-corrected chi connectivity index (χ0v) is 23.4. The maximum Gasteiger partial charge on any atom is 0.241 e. The minimum absolute atomic E-state index is 0.00207. The van der Waals surface area contributed by atoms with Crippen LogP contribution in [0.15, 0.2) is 0 Å². The smallest absolute Gasteiger partial charge is 0.241 e. The Labute approximate surface area is 226 Å². The van der Waals surface area contributed by atoms with E-state index < -0.39 is 36.6 Å². The molecule has 11 nitrogen and oxygen atoms in total. The second-order valence-electron chi connectivity index (χ2n) is 10.0. The lowest BCUT2D eigenvalue weighted by molar-refractivity contribution is -0.155. The molecule has 1 fully saturated rings. The predicted octanol–water partition coefficient (Wildman–Crippen LogP) is 2.09. The summed E-state index contributed by atoms with van der Waals surface area (Å²) in [5.74, 6) is 0.841. The van der Waals surface area contributed by atoms with Gasteiger partial charge in [0.25, 0.3) is 0 Å². The lowest BCUT2D eigenvalue weighted by atomic mass is 9.73. The number of phenols is 1. The Hall–Kier alpha value is -3.70. The minimum atomic E-state index is -1.09. The number of hydrogen-bond donors (Lipinski definition) is 2. The summed E-state index contributed by atoms with van der Waals surface area (Å²) >= 11 is 0. The van der Waals surface area contributed by atoms with Crippen molar-refractivity contribution in [2.24, 2.45) is 0 Å². The molecule has 1 unspecified atom stereocenters. The van der Waals surface area contributed by atoms with Crippen LogP contribution in [0, 0.1) is 13.8 Å². The van der Waals surface area contributed by atoms with E-state index in [1.165, 1.54) is 33.3 Å². The molecule has 39 heavy (non-hydrogen) atoms. The highest BCUT2D eigenvalue weighted by atomic mass is 16.5. The lowest BCUT2D eigenvalue weighted by Crippen LogP contribution is -2.68. The summed E-state index contributed by atoms with van der Waals surface area (Å²) in [5.41, 5.74) is 2.70. The highest BCUT2D eigenvalue weighted by Crippen LogP contribution is 2.58. The number of ketones is 1. The number of nitrogens with zero attached hydrogens (tertiary/aromatic N) is 2. The predicted molar refractivity (Wildman–Crippen MR) is 140 cm³/mol. The standard InChI is InChI=1S/C28H34N2O9/c1-11-21(32)18-17(27(39-8)24(11)36-5)15(10-31)30-20(22(18)33)19-16-13(9-14(28(30)34)29(19)3)23(35-4)12(2)25(37-6)26(16)38-7/h14-15,19-20,31-32H,9-10H2,1-8H3/t14-,15-,19+,20?/m0/s1. The van der Waals surface area contributed by atoms with Gasteiger partial charge in [-0.1, -0.05) is 0 Å². The van der Waals surface area contributed by atoms with Crippen molar-refractivity contribution >= 4 is 11.7 Å². The Kier molecular flexibility index (Phi) is 6.54. The number of Topliss-reactive ketones (excluding diaryl/α,β-unsaturated/α-hetero) is 1. The SMILES string of the molecule is COc1c(C)c(OC)c(OC)c2c1C[C@H]1C(=O)N3C(C(=O)c4c(O)c(C)c(OC)c(OC)c4[C@@H]3CO)[C@@H]2N1C. The zero-order chi connectivity index (χ0) is 28.5. The summed E-state index contributed by atoms with van der Waals surface area (Å²) in [6.07, 6.45) is 0.299. The van der Waals surface area contributed by atoms with E-state index in [1.807, 2.05) is 11.8 Å². The van der Waals surface area contributed by atoms with E-state index in [0.717, 1.165) is 11.1 Å². The van der Waals surface area contributed by atoms with Gasteiger partial charge in [-0.25, -0.2) is 0 Å². The van der Waals surface area contributed by atoms with Gasteiger partial charge in [0.2, 0.25) is 5.91 Å². The van der Waals surface area contributed by atoms with Crippen LogP contribution in [0.1, 0.15) is 50.3 Å². The summed E-state index contributed by atoms with van der Waals surface area (Å²) in [4.78, 5) is 31.9. The molecule has 0 saturated carbocycles. The number of aromatic hydroxyl groups is 1. The Morgan fingerprint density at radius 1 is 0.795 bits per heavy atom. The fourth-order valence-electron chi connectivity index (χ4n) is 6.89. The molecule has 2 bridgehead atoms. The van der Waals surface area contributed by atoms with Crippen molar-refractivity contribution < 1.29 is 43.5 Å². The largest absolute Gasteiger partial charge is 0.507 e. The first-order valence-electron chi connectivity index (χ1n) is 12.6. The second kappa shape index (κ2) is 9.49. The van der Waals surface area contributed by atoms with Crippen molar-refractivity contribution in [3.05, 3.63) is 33.4 Å². The van der Waals surface area contributed by atoms with Crippen molar-refractivity contribution in [3.63, 3.8) is 0 Å². The third-order valence-electron chi connectivity index (χ3n) is 8.52. The van der Waals surface area contributed by atoms with Gasteiger partial charge < -0.3 is 38.8 Å². The van der Waals surface area contributed by atoms with Gasteiger partial charge in [-0.15, -0.1) is 0 Å². The molecule has 1 saturated heterocycles. The van der Waals surface area contributed by atoms with Crippen molar-refractivity contribution in [2.45, 2.75) is 44.4 Å². The molecular weight excluding hydrogens is 508 g/mol. The third-order valence-corrected chi connectivity index (χ3v) is 8.52. The Balaban J connectivity index is 1.87. The quantitative estimate of drug-likeness (QED) is 0.560. The van der Waals surface area contributed by atoms with E-state index in [4.69, 9.17) is 23.7 Å². The molecule has 1 amide bonds. The molecule has 0 spiro atoms. The number of carbonyl (C=O) groups excluding carboxylic acids is 2. The van der Waals surface area contributed by atoms with Gasteiger partial charge >= 0.3 is 0 Å². The number of likely N-dealkylation sites (N-methyl/N-ethyl adjacent to an activating group) is 1. The van der Waals surface area contributed by atoms with Crippen LogP contribution in [0.2, 0.25) is 0 Å². The van der Waals surface area contributed by atoms with E-state index in [2.05, 4.69) is 0 Å². The molecule has 0 aromatic heterocycles. The minimum Gasteiger partial charge on any atom is -0.507 e. The number of methoxy groups -OCH3 is 5. The van der Waals surface area contributed by atoms with E-state index >= 15 is 0 Å². The van der Waals surface area contributed by atoms with E-state index in [0.29, 0.717) is 34.8 Å². The van der Waals surface area contributed by atoms with Gasteiger partial charge in [0.05, 0.1) is 65.8 Å². The first kappa shape index (κ1) is 26.9. The number of amides is 1. The third kappa shape index (κ3) is 3.29. The summed E-state index contributed by atoms with van der Waals surface area (Å²) in [5, 5.41) is 22.0. The molecule has 3 aliphatic rings. The molecule has 11 heteroatoms. The van der Waals surface area contributed by atoms with E-state index in [-0.39, 0.29) is 34.3 Å². The van der Waals surface area contributed by atoms with Crippen molar-refractivity contribution in [1.82, 2.24) is 9.80 Å². The van der Waals surface area contributed by atoms with Crippen molar-refractivity contribution in [3.8, 4) is 34.5 Å². The number of rotatable bonds is 6. The summed E-state index contributed by atoms with van der Waals surface area (Å²) < 4.78 is 28.5. The molecule has 3 heterocycles.